The maximum Gasteiger partial charge on any atom is 0.322 e. The fourth-order valence-electron chi connectivity index (χ4n) is 4.79. The summed E-state index contributed by atoms with van der Waals surface area (Å²) in [6.07, 6.45) is 0.474. The van der Waals surface area contributed by atoms with Crippen molar-refractivity contribution in [2.24, 2.45) is 0 Å². The Kier molecular flexibility index (Phi) is 11.0. The molecule has 0 saturated carbocycles. The molecule has 4 aromatic carbocycles. The zero-order valence-electron chi connectivity index (χ0n) is 25.0. The number of nitrogens with one attached hydrogen (secondary N) is 2. The van der Waals surface area contributed by atoms with Crippen molar-refractivity contribution in [1.82, 2.24) is 9.44 Å². The third kappa shape index (κ3) is 7.91. The van der Waals surface area contributed by atoms with Gasteiger partial charge in [-0.25, -0.2) is 21.6 Å². The van der Waals surface area contributed by atoms with E-state index in [9.17, 15) is 31.5 Å². The van der Waals surface area contributed by atoms with Gasteiger partial charge in [-0.15, -0.1) is 0 Å². The van der Waals surface area contributed by atoms with Crippen LogP contribution in [0.3, 0.4) is 0 Å². The Bertz CT molecular complexity index is 1930. The van der Waals surface area contributed by atoms with E-state index in [0.717, 1.165) is 38.3 Å². The molecule has 0 aromatic heterocycles. The fraction of sp³-hybridized carbons (Fsp3) is 0.267. The fourth-order valence-corrected chi connectivity index (χ4v) is 10.1. The number of rotatable bonds is 15. The number of anilines is 2. The van der Waals surface area contributed by atoms with E-state index in [-0.39, 0.29) is 21.3 Å². The minimum absolute atomic E-state index is 0.0170. The molecule has 0 aliphatic carbocycles. The lowest BCUT2D eigenvalue weighted by atomic mass is 10.1. The summed E-state index contributed by atoms with van der Waals surface area (Å²) >= 11 is 0. The molecule has 0 aliphatic rings. The highest BCUT2D eigenvalue weighted by atomic mass is 33.1. The Balaban J connectivity index is 1.43. The molecule has 45 heavy (non-hydrogen) atoms. The Labute approximate surface area is 270 Å². The van der Waals surface area contributed by atoms with Crippen LogP contribution in [0.1, 0.15) is 0 Å². The van der Waals surface area contributed by atoms with E-state index in [1.807, 2.05) is 56.2 Å². The molecule has 0 spiro atoms. The van der Waals surface area contributed by atoms with E-state index in [0.29, 0.717) is 22.4 Å². The number of hydrogen-bond donors (Lipinski definition) is 3. The quantitative estimate of drug-likeness (QED) is 0.0949. The summed E-state index contributed by atoms with van der Waals surface area (Å²) in [5.41, 5.74) is 1.65. The molecule has 1 unspecified atom stereocenters. The first kappa shape index (κ1) is 34.5. The van der Waals surface area contributed by atoms with Crippen molar-refractivity contribution in [3.8, 4) is 0 Å². The minimum atomic E-state index is -4.24. The summed E-state index contributed by atoms with van der Waals surface area (Å²) in [7, 11) is 1.13. The predicted molar refractivity (Wildman–Crippen MR) is 183 cm³/mol. The SMILES string of the molecule is CN(C)c1cccc2c(S(=O)(=O)NC(C=O)CSSC[C@@H](NS(=O)(=O)c3cccc4c(N(C)C)cccc34)C(=O)O)cccc12. The maximum atomic E-state index is 13.3. The Hall–Kier alpha value is -3.34. The van der Waals surface area contributed by atoms with Gasteiger partial charge in [0.05, 0.1) is 15.8 Å². The molecule has 0 radical (unpaired) electrons. The van der Waals surface area contributed by atoms with Crippen LogP contribution in [0.5, 0.6) is 0 Å². The van der Waals surface area contributed by atoms with Gasteiger partial charge in [-0.2, -0.15) is 4.72 Å². The maximum absolute atomic E-state index is 13.3. The summed E-state index contributed by atoms with van der Waals surface area (Å²) in [5.74, 6) is -1.57. The second kappa shape index (κ2) is 14.4. The average Bonchev–Trinajstić information content (AvgIpc) is 3.00. The minimum Gasteiger partial charge on any atom is -0.480 e. The number of nitrogens with zero attached hydrogens (tertiary/aromatic N) is 2. The van der Waals surface area contributed by atoms with E-state index in [1.54, 1.807) is 42.5 Å². The molecule has 0 amide bonds. The zero-order chi connectivity index (χ0) is 32.9. The highest BCUT2D eigenvalue weighted by molar-refractivity contribution is 8.76. The van der Waals surface area contributed by atoms with Crippen molar-refractivity contribution in [3.63, 3.8) is 0 Å². The Morgan fingerprint density at radius 2 is 1.13 bits per heavy atom. The molecule has 4 rings (SSSR count). The molecule has 15 heteroatoms. The molecule has 0 heterocycles. The van der Waals surface area contributed by atoms with E-state index >= 15 is 0 Å². The number of sulfonamides is 2. The third-order valence-electron chi connectivity index (χ3n) is 6.89. The summed E-state index contributed by atoms with van der Waals surface area (Å²) in [4.78, 5) is 27.6. The predicted octanol–water partition coefficient (Wildman–Crippen LogP) is 3.78. The summed E-state index contributed by atoms with van der Waals surface area (Å²) < 4.78 is 58.0. The number of aliphatic carboxylic acids is 1. The first-order chi connectivity index (χ1) is 21.3. The number of aldehydes is 1. The van der Waals surface area contributed by atoms with E-state index < -0.39 is 38.1 Å². The Morgan fingerprint density at radius 3 is 1.58 bits per heavy atom. The van der Waals surface area contributed by atoms with Crippen molar-refractivity contribution in [3.05, 3.63) is 72.8 Å². The standard InChI is InChI=1S/C30H34N4O7S4/c1-33(2)26-13-5-11-23-21(26)9-7-15-28(23)44(38,39)31-20(17-35)18-42-43-19-25(30(36)37)32-45(40,41)29-16-8-10-22-24(29)12-6-14-27(22)34(3)4/h5-17,20,25,31-32H,18-19H2,1-4H3,(H,36,37)/t20?,25-/m1/s1. The van der Waals surface area contributed by atoms with Crippen LogP contribution in [0.2, 0.25) is 0 Å². The third-order valence-corrected chi connectivity index (χ3v) is 12.4. The van der Waals surface area contributed by atoms with Gasteiger partial charge >= 0.3 is 5.97 Å². The lowest BCUT2D eigenvalue weighted by Gasteiger charge is -2.19. The number of carbonyl (C=O) groups excluding carboxylic acids is 1. The molecule has 3 N–H and O–H groups in total. The van der Waals surface area contributed by atoms with Crippen molar-refractivity contribution in [2.75, 3.05) is 49.5 Å². The lowest BCUT2D eigenvalue weighted by Crippen LogP contribution is -2.42. The van der Waals surface area contributed by atoms with Gasteiger partial charge in [-0.05, 0) is 24.3 Å². The van der Waals surface area contributed by atoms with Crippen LogP contribution in [0.25, 0.3) is 21.5 Å². The van der Waals surface area contributed by atoms with Crippen molar-refractivity contribution >= 4 is 86.8 Å². The molecule has 2 atom stereocenters. The first-order valence-corrected chi connectivity index (χ1v) is 19.1. The second-order valence-electron chi connectivity index (χ2n) is 10.5. The van der Waals surface area contributed by atoms with Gasteiger partial charge < -0.3 is 19.7 Å². The van der Waals surface area contributed by atoms with E-state index in [2.05, 4.69) is 9.44 Å². The average molecular weight is 691 g/mol. The number of carboxylic acids is 1. The van der Waals surface area contributed by atoms with Crippen molar-refractivity contribution < 1.29 is 31.5 Å². The second-order valence-corrected chi connectivity index (χ2v) is 16.4. The monoisotopic (exact) mass is 690 g/mol. The molecule has 4 aromatic rings. The van der Waals surface area contributed by atoms with E-state index in [1.165, 1.54) is 12.1 Å². The molecule has 0 bridgehead atoms. The van der Waals surface area contributed by atoms with Crippen LogP contribution in [-0.2, 0) is 29.6 Å². The van der Waals surface area contributed by atoms with E-state index in [4.69, 9.17) is 0 Å². The van der Waals surface area contributed by atoms with Gasteiger partial charge in [-0.1, -0.05) is 70.1 Å². The van der Waals surface area contributed by atoms with Gasteiger partial charge in [0.25, 0.3) is 0 Å². The number of benzene rings is 4. The van der Waals surface area contributed by atoms with Crippen LogP contribution in [0, 0.1) is 0 Å². The molecule has 0 saturated heterocycles. The van der Waals surface area contributed by atoms with Crippen LogP contribution in [0.15, 0.2) is 82.6 Å². The highest BCUT2D eigenvalue weighted by Gasteiger charge is 2.28. The molecule has 11 nitrogen and oxygen atoms in total. The van der Waals surface area contributed by atoms with Crippen LogP contribution >= 0.6 is 21.6 Å². The summed E-state index contributed by atoms with van der Waals surface area (Å²) in [6.45, 7) is 0. The number of carboxylic acid groups (broad SMARTS) is 1. The lowest BCUT2D eigenvalue weighted by molar-refractivity contribution is -0.138. The molecule has 0 fully saturated rings. The summed E-state index contributed by atoms with van der Waals surface area (Å²) in [5, 5.41) is 12.2. The highest BCUT2D eigenvalue weighted by Crippen LogP contribution is 2.32. The van der Waals surface area contributed by atoms with Gasteiger partial charge in [0.2, 0.25) is 20.0 Å². The van der Waals surface area contributed by atoms with Gasteiger partial charge in [-0.3, -0.25) is 4.79 Å². The number of fused-ring (bicyclic) bond motifs is 2. The van der Waals surface area contributed by atoms with Crippen molar-refractivity contribution in [1.29, 1.82) is 0 Å². The zero-order valence-corrected chi connectivity index (χ0v) is 28.3. The molecule has 240 valence electrons. The largest absolute Gasteiger partial charge is 0.480 e. The molecular weight excluding hydrogens is 657 g/mol. The van der Waals surface area contributed by atoms with Crippen molar-refractivity contribution in [2.45, 2.75) is 21.9 Å². The van der Waals surface area contributed by atoms with Crippen LogP contribution in [-0.4, -0.2) is 86.0 Å². The number of carbonyl (C=O) groups is 2. The van der Waals surface area contributed by atoms with Crippen LogP contribution < -0.4 is 19.2 Å². The van der Waals surface area contributed by atoms with Gasteiger partial charge in [0.1, 0.15) is 12.3 Å². The normalized spacial score (nSPS) is 13.4. The smallest absolute Gasteiger partial charge is 0.322 e. The van der Waals surface area contributed by atoms with Crippen LogP contribution in [0.4, 0.5) is 11.4 Å². The Morgan fingerprint density at radius 1 is 0.711 bits per heavy atom. The topological polar surface area (TPSA) is 153 Å². The van der Waals surface area contributed by atoms with Gasteiger partial charge in [0, 0.05) is 72.6 Å². The summed E-state index contributed by atoms with van der Waals surface area (Å²) in [6, 6.07) is 17.7. The number of hydrogen-bond acceptors (Lipinski definition) is 10. The first-order valence-electron chi connectivity index (χ1n) is 13.6. The molecular formula is C30H34N4O7S4. The molecule has 0 aliphatic heterocycles. The van der Waals surface area contributed by atoms with Gasteiger partial charge in [0.15, 0.2) is 0 Å².